The summed E-state index contributed by atoms with van der Waals surface area (Å²) in [5, 5.41) is 13.6. The highest BCUT2D eigenvalue weighted by Gasteiger charge is 2.31. The lowest BCUT2D eigenvalue weighted by Crippen LogP contribution is -2.20. The van der Waals surface area contributed by atoms with E-state index in [9.17, 15) is 9.90 Å². The third kappa shape index (κ3) is 1.96. The summed E-state index contributed by atoms with van der Waals surface area (Å²) in [5.41, 5.74) is 7.47. The van der Waals surface area contributed by atoms with Crippen molar-refractivity contribution in [2.45, 2.75) is 25.2 Å². The number of carboxylic acid groups (broad SMARTS) is 1. The summed E-state index contributed by atoms with van der Waals surface area (Å²) in [6.07, 6.45) is 5.85. The molecule has 3 N–H and O–H groups in total. The van der Waals surface area contributed by atoms with Crippen LogP contribution in [0.15, 0.2) is 18.5 Å². The zero-order valence-corrected chi connectivity index (χ0v) is 10.9. The predicted octanol–water partition coefficient (Wildman–Crippen LogP) is 0.739. The number of hydrogen-bond acceptors (Lipinski definition) is 5. The van der Waals surface area contributed by atoms with E-state index < -0.39 is 5.97 Å². The molecule has 0 fully saturated rings. The molecule has 0 aliphatic heterocycles. The van der Waals surface area contributed by atoms with E-state index in [-0.39, 0.29) is 11.6 Å². The van der Waals surface area contributed by atoms with E-state index in [1.54, 1.807) is 23.1 Å². The minimum Gasteiger partial charge on any atom is -0.476 e. The number of nitrogens with zero attached hydrogens (tertiary/aromatic N) is 4. The van der Waals surface area contributed by atoms with Crippen molar-refractivity contribution >= 4 is 5.97 Å². The Morgan fingerprint density at radius 3 is 2.85 bits per heavy atom. The van der Waals surface area contributed by atoms with E-state index in [1.165, 1.54) is 0 Å². The minimum absolute atomic E-state index is 0.0438. The predicted molar refractivity (Wildman–Crippen MR) is 70.8 cm³/mol. The van der Waals surface area contributed by atoms with Crippen LogP contribution in [0.4, 0.5) is 0 Å². The third-order valence-electron chi connectivity index (χ3n) is 3.62. The fourth-order valence-corrected chi connectivity index (χ4v) is 2.75. The van der Waals surface area contributed by atoms with Gasteiger partial charge in [0.25, 0.3) is 5.95 Å². The van der Waals surface area contributed by atoms with E-state index >= 15 is 0 Å². The van der Waals surface area contributed by atoms with Gasteiger partial charge in [-0.15, -0.1) is 0 Å². The van der Waals surface area contributed by atoms with Gasteiger partial charge in [0.15, 0.2) is 5.69 Å². The first kappa shape index (κ1) is 12.7. The second kappa shape index (κ2) is 5.01. The van der Waals surface area contributed by atoms with Crippen molar-refractivity contribution in [3.63, 3.8) is 0 Å². The summed E-state index contributed by atoms with van der Waals surface area (Å²) in [6.45, 7) is 0.425. The van der Waals surface area contributed by atoms with Crippen molar-refractivity contribution in [2.75, 3.05) is 6.54 Å². The smallest absolute Gasteiger partial charge is 0.356 e. The average Bonchev–Trinajstić information content (AvgIpc) is 2.88. The van der Waals surface area contributed by atoms with E-state index in [2.05, 4.69) is 15.1 Å². The van der Waals surface area contributed by atoms with Crippen LogP contribution in [0.2, 0.25) is 0 Å². The SMILES string of the molecule is NCC1CCCc2c1c(C(=O)O)nn2-c1ncccn1. The molecule has 0 bridgehead atoms. The summed E-state index contributed by atoms with van der Waals surface area (Å²) in [5.74, 6) is -0.590. The lowest BCUT2D eigenvalue weighted by atomic mass is 9.85. The largest absolute Gasteiger partial charge is 0.476 e. The van der Waals surface area contributed by atoms with Crippen LogP contribution in [0.5, 0.6) is 0 Å². The lowest BCUT2D eigenvalue weighted by molar-refractivity contribution is 0.0688. The molecule has 2 heterocycles. The van der Waals surface area contributed by atoms with Gasteiger partial charge in [-0.05, 0) is 31.9 Å². The monoisotopic (exact) mass is 273 g/mol. The summed E-state index contributed by atoms with van der Waals surface area (Å²) >= 11 is 0. The molecule has 2 aromatic rings. The van der Waals surface area contributed by atoms with E-state index in [4.69, 9.17) is 5.73 Å². The van der Waals surface area contributed by atoms with E-state index in [0.717, 1.165) is 30.5 Å². The second-order valence-electron chi connectivity index (χ2n) is 4.80. The molecule has 0 saturated carbocycles. The number of nitrogens with two attached hydrogens (primary N) is 1. The van der Waals surface area contributed by atoms with Crippen LogP contribution in [0.1, 0.15) is 40.5 Å². The van der Waals surface area contributed by atoms with Gasteiger partial charge in [-0.1, -0.05) is 0 Å². The summed E-state index contributed by atoms with van der Waals surface area (Å²) < 4.78 is 1.54. The van der Waals surface area contributed by atoms with Gasteiger partial charge in [-0.3, -0.25) is 0 Å². The summed E-state index contributed by atoms with van der Waals surface area (Å²) in [4.78, 5) is 19.7. The fraction of sp³-hybridized carbons (Fsp3) is 0.385. The van der Waals surface area contributed by atoms with Crippen LogP contribution in [0.25, 0.3) is 5.95 Å². The molecule has 3 rings (SSSR count). The fourth-order valence-electron chi connectivity index (χ4n) is 2.75. The molecule has 0 spiro atoms. The number of carbonyl (C=O) groups is 1. The second-order valence-corrected chi connectivity index (χ2v) is 4.80. The van der Waals surface area contributed by atoms with Gasteiger partial charge in [-0.2, -0.15) is 5.10 Å². The molecular weight excluding hydrogens is 258 g/mol. The Morgan fingerprint density at radius 2 is 2.20 bits per heavy atom. The quantitative estimate of drug-likeness (QED) is 0.854. The maximum absolute atomic E-state index is 11.4. The molecule has 20 heavy (non-hydrogen) atoms. The molecule has 2 aromatic heterocycles. The molecule has 0 amide bonds. The van der Waals surface area contributed by atoms with Crippen molar-refractivity contribution in [1.82, 2.24) is 19.7 Å². The zero-order valence-electron chi connectivity index (χ0n) is 10.9. The maximum atomic E-state index is 11.4. The van der Waals surface area contributed by atoms with Gasteiger partial charge in [-0.25, -0.2) is 19.4 Å². The van der Waals surface area contributed by atoms with Gasteiger partial charge in [0.05, 0.1) is 5.69 Å². The zero-order chi connectivity index (χ0) is 14.1. The van der Waals surface area contributed by atoms with Crippen molar-refractivity contribution in [3.8, 4) is 5.95 Å². The summed E-state index contributed by atoms with van der Waals surface area (Å²) in [6, 6.07) is 1.71. The van der Waals surface area contributed by atoms with Gasteiger partial charge in [0, 0.05) is 23.9 Å². The first-order valence-electron chi connectivity index (χ1n) is 6.55. The van der Waals surface area contributed by atoms with Crippen LogP contribution in [-0.4, -0.2) is 37.4 Å². The van der Waals surface area contributed by atoms with E-state index in [0.29, 0.717) is 12.5 Å². The van der Waals surface area contributed by atoms with Gasteiger partial charge < -0.3 is 10.8 Å². The molecule has 0 radical (unpaired) electrons. The van der Waals surface area contributed by atoms with E-state index in [1.807, 2.05) is 0 Å². The minimum atomic E-state index is -1.03. The van der Waals surface area contributed by atoms with Crippen LogP contribution >= 0.6 is 0 Å². The molecule has 104 valence electrons. The maximum Gasteiger partial charge on any atom is 0.356 e. The first-order chi connectivity index (χ1) is 9.72. The van der Waals surface area contributed by atoms with Crippen molar-refractivity contribution < 1.29 is 9.90 Å². The molecule has 7 heteroatoms. The van der Waals surface area contributed by atoms with Crippen molar-refractivity contribution in [3.05, 3.63) is 35.4 Å². The standard InChI is InChI=1S/C13H15N5O2/c14-7-8-3-1-4-9-10(8)11(12(19)20)17-18(9)13-15-5-2-6-16-13/h2,5-6,8H,1,3-4,7,14H2,(H,19,20). The Hall–Kier alpha value is -2.28. The molecule has 1 atom stereocenters. The van der Waals surface area contributed by atoms with Crippen LogP contribution in [-0.2, 0) is 6.42 Å². The normalized spacial score (nSPS) is 17.8. The Morgan fingerprint density at radius 1 is 1.45 bits per heavy atom. The Bertz CT molecular complexity index is 638. The molecule has 0 saturated heterocycles. The molecule has 1 aliphatic carbocycles. The average molecular weight is 273 g/mol. The molecule has 1 unspecified atom stereocenters. The Kier molecular flexibility index (Phi) is 3.19. The topological polar surface area (TPSA) is 107 Å². The number of aromatic carboxylic acids is 1. The van der Waals surface area contributed by atoms with Crippen LogP contribution in [0, 0.1) is 0 Å². The Labute approximate surface area is 115 Å². The first-order valence-corrected chi connectivity index (χ1v) is 6.55. The number of carboxylic acids is 1. The highest BCUT2D eigenvalue weighted by atomic mass is 16.4. The molecular formula is C13H15N5O2. The van der Waals surface area contributed by atoms with Gasteiger partial charge >= 0.3 is 5.97 Å². The Balaban J connectivity index is 2.20. The highest BCUT2D eigenvalue weighted by molar-refractivity contribution is 5.88. The summed E-state index contributed by atoms with van der Waals surface area (Å²) in [7, 11) is 0. The lowest BCUT2D eigenvalue weighted by Gasteiger charge is -2.21. The van der Waals surface area contributed by atoms with Gasteiger partial charge in [0.2, 0.25) is 0 Å². The third-order valence-corrected chi connectivity index (χ3v) is 3.62. The number of hydrogen-bond donors (Lipinski definition) is 2. The number of rotatable bonds is 3. The van der Waals surface area contributed by atoms with Crippen molar-refractivity contribution in [2.24, 2.45) is 5.73 Å². The highest BCUT2D eigenvalue weighted by Crippen LogP contribution is 2.34. The van der Waals surface area contributed by atoms with Crippen LogP contribution in [0.3, 0.4) is 0 Å². The number of fused-ring (bicyclic) bond motifs is 1. The molecule has 0 aromatic carbocycles. The molecule has 1 aliphatic rings. The van der Waals surface area contributed by atoms with Crippen LogP contribution < -0.4 is 5.73 Å². The van der Waals surface area contributed by atoms with Gasteiger partial charge in [0.1, 0.15) is 0 Å². The number of aromatic nitrogens is 4. The van der Waals surface area contributed by atoms with Crippen molar-refractivity contribution in [1.29, 1.82) is 0 Å². The molecule has 7 nitrogen and oxygen atoms in total.